The summed E-state index contributed by atoms with van der Waals surface area (Å²) in [5.74, 6) is -1.89. The molecule has 2 heterocycles. The number of hydrogen-bond acceptors (Lipinski definition) is 9. The van der Waals surface area contributed by atoms with Crippen LogP contribution in [0.1, 0.15) is 65.1 Å². The average molecular weight is 667 g/mol. The van der Waals surface area contributed by atoms with Crippen molar-refractivity contribution in [3.8, 4) is 11.5 Å². The second-order valence-electron chi connectivity index (χ2n) is 12.0. The zero-order chi connectivity index (χ0) is 35.4. The van der Waals surface area contributed by atoms with E-state index in [1.54, 1.807) is 38.3 Å². The van der Waals surface area contributed by atoms with Crippen molar-refractivity contribution in [1.29, 1.82) is 5.41 Å². The van der Waals surface area contributed by atoms with Crippen molar-refractivity contribution >= 4 is 29.2 Å². The number of aliphatic carboxylic acids is 1. The number of Topliss-reactive ketones (excluding diaryl/α,β-unsaturated/α-hetero) is 1. The van der Waals surface area contributed by atoms with Crippen LogP contribution >= 0.6 is 0 Å². The van der Waals surface area contributed by atoms with Crippen LogP contribution in [0.25, 0.3) is 0 Å². The number of methoxy groups -OCH3 is 2. The van der Waals surface area contributed by atoms with Crippen LogP contribution in [0.15, 0.2) is 24.3 Å². The highest BCUT2D eigenvalue weighted by molar-refractivity contribution is 6.08. The van der Waals surface area contributed by atoms with Crippen LogP contribution in [-0.4, -0.2) is 105 Å². The molecule has 2 aliphatic heterocycles. The average Bonchev–Trinajstić information content (AvgIpc) is 3.53. The number of amidine groups is 1. The van der Waals surface area contributed by atoms with Gasteiger partial charge in [-0.15, -0.1) is 0 Å². The molecule has 2 aromatic rings. The number of anilines is 1. The van der Waals surface area contributed by atoms with Crippen molar-refractivity contribution in [2.75, 3.05) is 52.4 Å². The number of ether oxygens (including phenoxy) is 3. The van der Waals surface area contributed by atoms with Crippen molar-refractivity contribution < 1.29 is 52.0 Å². The fourth-order valence-electron chi connectivity index (χ4n) is 5.38. The lowest BCUT2D eigenvalue weighted by atomic mass is 9.84. The van der Waals surface area contributed by atoms with Gasteiger partial charge in [0.05, 0.1) is 37.6 Å². The van der Waals surface area contributed by atoms with E-state index >= 15 is 0 Å². The third-order valence-corrected chi connectivity index (χ3v) is 7.77. The predicted octanol–water partition coefficient (Wildman–Crippen LogP) is 3.60. The molecule has 0 aliphatic carbocycles. The quantitative estimate of drug-likeness (QED) is 0.291. The molecule has 15 heteroatoms. The van der Waals surface area contributed by atoms with Gasteiger partial charge in [-0.2, -0.15) is 13.2 Å². The molecule has 12 nitrogen and oxygen atoms in total. The van der Waals surface area contributed by atoms with E-state index in [0.717, 1.165) is 16.8 Å². The third kappa shape index (κ3) is 8.32. The standard InChI is InChI=1S/C30H40N4O6.C2HF3O2/c1-8-40-25-11-18-13-34(28(31)19(18)12-20(25)29(37)32-5)14-23(35)17-9-21(30(2,3)4)27(39-7)22(10-17)33-15-24(36)26(16-33)38-6;3-2(4,5)1(6)7/h9-12,24,26,31,36H,8,13-16H2,1-7H3,(H,32,37);(H,6,7)/t24-,26-;/m1./s1. The maximum atomic E-state index is 13.8. The van der Waals surface area contributed by atoms with Gasteiger partial charge in [-0.25, -0.2) is 4.79 Å². The van der Waals surface area contributed by atoms with Gasteiger partial charge in [0, 0.05) is 50.5 Å². The second kappa shape index (κ2) is 14.6. The molecule has 0 saturated carbocycles. The Balaban J connectivity index is 0.000000771. The van der Waals surface area contributed by atoms with E-state index in [2.05, 4.69) is 26.1 Å². The Kier molecular flexibility index (Phi) is 11.5. The summed E-state index contributed by atoms with van der Waals surface area (Å²) >= 11 is 0. The van der Waals surface area contributed by atoms with Gasteiger partial charge in [-0.3, -0.25) is 15.0 Å². The molecule has 0 radical (unpaired) electrons. The zero-order valence-electron chi connectivity index (χ0n) is 27.4. The first-order valence-electron chi connectivity index (χ1n) is 14.7. The van der Waals surface area contributed by atoms with E-state index in [-0.39, 0.29) is 35.6 Å². The molecule has 0 spiro atoms. The van der Waals surface area contributed by atoms with E-state index < -0.39 is 18.2 Å². The molecule has 258 valence electrons. The van der Waals surface area contributed by atoms with Crippen LogP contribution in [0.3, 0.4) is 0 Å². The Hall–Kier alpha value is -4.37. The number of β-amino-alcohol motifs (C(OH)–C–C–N with tert-alkyl or cyclic N) is 1. The van der Waals surface area contributed by atoms with Gasteiger partial charge in [0.15, 0.2) is 5.78 Å². The molecule has 0 unspecified atom stereocenters. The highest BCUT2D eigenvalue weighted by atomic mass is 19.4. The number of fused-ring (bicyclic) bond motifs is 1. The lowest BCUT2D eigenvalue weighted by Crippen LogP contribution is -2.31. The van der Waals surface area contributed by atoms with Crippen LogP contribution in [0, 0.1) is 5.41 Å². The van der Waals surface area contributed by atoms with Crippen LogP contribution in [0.5, 0.6) is 11.5 Å². The summed E-state index contributed by atoms with van der Waals surface area (Å²) in [7, 11) is 4.74. The van der Waals surface area contributed by atoms with E-state index in [1.807, 2.05) is 24.0 Å². The lowest BCUT2D eigenvalue weighted by molar-refractivity contribution is -0.192. The van der Waals surface area contributed by atoms with Crippen molar-refractivity contribution in [3.05, 3.63) is 52.1 Å². The number of nitrogens with zero attached hydrogens (tertiary/aromatic N) is 2. The fourth-order valence-corrected chi connectivity index (χ4v) is 5.38. The molecule has 1 fully saturated rings. The Morgan fingerprint density at radius 2 is 1.72 bits per heavy atom. The van der Waals surface area contributed by atoms with Gasteiger partial charge in [-0.1, -0.05) is 20.8 Å². The minimum atomic E-state index is -5.08. The number of ketones is 1. The summed E-state index contributed by atoms with van der Waals surface area (Å²) in [6, 6.07) is 7.14. The molecule has 4 rings (SSSR count). The molecule has 1 amide bonds. The van der Waals surface area contributed by atoms with Gasteiger partial charge >= 0.3 is 12.1 Å². The van der Waals surface area contributed by atoms with Crippen LogP contribution in [-0.2, 0) is 21.5 Å². The first-order valence-corrected chi connectivity index (χ1v) is 14.7. The largest absolute Gasteiger partial charge is 0.494 e. The van der Waals surface area contributed by atoms with E-state index in [1.165, 1.54) is 0 Å². The van der Waals surface area contributed by atoms with E-state index in [9.17, 15) is 27.9 Å². The van der Waals surface area contributed by atoms with Gasteiger partial charge in [0.25, 0.3) is 5.91 Å². The number of carboxylic acid groups (broad SMARTS) is 1. The van der Waals surface area contributed by atoms with Gasteiger partial charge in [-0.05, 0) is 42.2 Å². The molecule has 0 bridgehead atoms. The van der Waals surface area contributed by atoms with Crippen molar-refractivity contribution in [2.45, 2.75) is 58.0 Å². The van der Waals surface area contributed by atoms with Crippen molar-refractivity contribution in [3.63, 3.8) is 0 Å². The molecule has 2 aliphatic rings. The summed E-state index contributed by atoms with van der Waals surface area (Å²) in [5, 5.41) is 29.0. The summed E-state index contributed by atoms with van der Waals surface area (Å²) in [6.07, 6.45) is -6.08. The molecular weight excluding hydrogens is 625 g/mol. The Bertz CT molecular complexity index is 1520. The minimum absolute atomic E-state index is 0.00847. The summed E-state index contributed by atoms with van der Waals surface area (Å²) in [4.78, 5) is 38.8. The van der Waals surface area contributed by atoms with Crippen molar-refractivity contribution in [2.24, 2.45) is 0 Å². The normalized spacial score (nSPS) is 17.6. The molecule has 2 aromatic carbocycles. The zero-order valence-corrected chi connectivity index (χ0v) is 27.4. The molecule has 0 aromatic heterocycles. The monoisotopic (exact) mass is 666 g/mol. The molecular formula is C32H41F3N4O8. The SMILES string of the molecule is CCOc1cc2c(cc1C(=O)NC)C(=N)N(CC(=O)c1cc(N3C[C@@H](O)[C@H](OC)C3)c(OC)c(C(C)(C)C)c1)C2.O=C(O)C(F)(F)F. The number of carbonyl (C=O) groups is 3. The van der Waals surface area contributed by atoms with Crippen LogP contribution < -0.4 is 19.7 Å². The topological polar surface area (TPSA) is 162 Å². The highest BCUT2D eigenvalue weighted by Gasteiger charge is 2.38. The predicted molar refractivity (Wildman–Crippen MR) is 167 cm³/mol. The number of aliphatic hydroxyl groups excluding tert-OH is 1. The fraction of sp³-hybridized carbons (Fsp3) is 0.500. The van der Waals surface area contributed by atoms with Gasteiger partial charge in [0.2, 0.25) is 0 Å². The summed E-state index contributed by atoms with van der Waals surface area (Å²) < 4.78 is 48.7. The van der Waals surface area contributed by atoms with E-state index in [0.29, 0.717) is 54.4 Å². The van der Waals surface area contributed by atoms with Crippen molar-refractivity contribution in [1.82, 2.24) is 10.2 Å². The Morgan fingerprint density at radius 1 is 1.09 bits per heavy atom. The van der Waals surface area contributed by atoms with Gasteiger partial charge in [0.1, 0.15) is 23.4 Å². The first-order chi connectivity index (χ1) is 21.9. The Morgan fingerprint density at radius 3 is 2.21 bits per heavy atom. The van der Waals surface area contributed by atoms with Crippen LogP contribution in [0.2, 0.25) is 0 Å². The van der Waals surface area contributed by atoms with Gasteiger partial charge < -0.3 is 39.5 Å². The first kappa shape index (κ1) is 37.1. The number of carboxylic acids is 1. The number of hydrogen-bond donors (Lipinski definition) is 4. The highest BCUT2D eigenvalue weighted by Crippen LogP contribution is 2.42. The maximum Gasteiger partial charge on any atom is 0.490 e. The number of carbonyl (C=O) groups excluding carboxylic acids is 2. The molecule has 47 heavy (non-hydrogen) atoms. The number of nitrogens with one attached hydrogen (secondary N) is 2. The number of rotatable bonds is 9. The molecule has 1 saturated heterocycles. The maximum absolute atomic E-state index is 13.8. The molecule has 4 N–H and O–H groups in total. The smallest absolute Gasteiger partial charge is 0.490 e. The number of amides is 1. The lowest BCUT2D eigenvalue weighted by Gasteiger charge is -2.29. The number of aliphatic hydroxyl groups is 1. The Labute approximate surface area is 270 Å². The third-order valence-electron chi connectivity index (χ3n) is 7.77. The number of alkyl halides is 3. The summed E-state index contributed by atoms with van der Waals surface area (Å²) in [6.45, 7) is 9.61. The summed E-state index contributed by atoms with van der Waals surface area (Å²) in [5.41, 5.74) is 3.58. The molecule has 2 atom stereocenters. The van der Waals surface area contributed by atoms with E-state index in [4.69, 9.17) is 29.5 Å². The van der Waals surface area contributed by atoms with Crippen LogP contribution in [0.4, 0.5) is 18.9 Å². The minimum Gasteiger partial charge on any atom is -0.494 e. The second-order valence-corrected chi connectivity index (χ2v) is 12.0. The number of benzene rings is 2. The number of halogens is 3.